The second-order valence-electron chi connectivity index (χ2n) is 3.58. The number of hydrogen-bond acceptors (Lipinski definition) is 4. The molecule has 0 aromatic heterocycles. The minimum Gasteiger partial charge on any atom is -0.478 e. The first kappa shape index (κ1) is 14.1. The monoisotopic (exact) mass is 226 g/mol. The summed E-state index contributed by atoms with van der Waals surface area (Å²) in [5.41, 5.74) is 0.296. The van der Waals surface area contributed by atoms with E-state index in [2.05, 4.69) is 11.3 Å². The zero-order valence-corrected chi connectivity index (χ0v) is 9.23. The molecule has 1 N–H and O–H groups in total. The van der Waals surface area contributed by atoms with E-state index in [-0.39, 0.29) is 0 Å². The lowest BCUT2D eigenvalue weighted by atomic mass is 10.1. The Balaban J connectivity index is 0.000000288. The zero-order valence-electron chi connectivity index (χ0n) is 9.23. The average molecular weight is 226 g/mol. The van der Waals surface area contributed by atoms with Crippen molar-refractivity contribution in [2.75, 3.05) is 0 Å². The van der Waals surface area contributed by atoms with E-state index in [9.17, 15) is 14.4 Å². The van der Waals surface area contributed by atoms with Crippen molar-refractivity contribution in [3.63, 3.8) is 0 Å². The molecule has 0 unspecified atom stereocenters. The average Bonchev–Trinajstić information content (AvgIpc) is 2.49. The van der Waals surface area contributed by atoms with Crippen molar-refractivity contribution in [3.05, 3.63) is 24.3 Å². The Morgan fingerprint density at radius 2 is 1.81 bits per heavy atom. The lowest BCUT2D eigenvalue weighted by Gasteiger charge is -2.01. The summed E-state index contributed by atoms with van der Waals surface area (Å²) in [6.07, 6.45) is 2.75. The number of hydrogen-bond donors (Lipinski definition) is 1. The third-order valence-corrected chi connectivity index (χ3v) is 1.51. The smallest absolute Gasteiger partial charge is 0.338 e. The molecule has 0 aliphatic carbocycles. The third-order valence-electron chi connectivity index (χ3n) is 1.51. The van der Waals surface area contributed by atoms with E-state index in [1.807, 2.05) is 13.8 Å². The fraction of sp³-hybridized carbons (Fsp3) is 0.364. The maximum atomic E-state index is 10.1. The van der Waals surface area contributed by atoms with Gasteiger partial charge in [-0.15, -0.1) is 0 Å². The zero-order chi connectivity index (χ0) is 12.7. The van der Waals surface area contributed by atoms with E-state index in [1.54, 1.807) is 0 Å². The number of esters is 2. The molecule has 16 heavy (non-hydrogen) atoms. The number of carbonyl (C=O) groups is 3. The van der Waals surface area contributed by atoms with Gasteiger partial charge in [0.15, 0.2) is 0 Å². The molecule has 0 atom stereocenters. The highest BCUT2D eigenvalue weighted by molar-refractivity contribution is 6.04. The Kier molecular flexibility index (Phi) is 5.77. The SMILES string of the molecule is C=C(CC(C)C)C(=O)O.O=C1C=CC(=O)O1. The molecule has 5 nitrogen and oxygen atoms in total. The first-order chi connectivity index (χ1) is 7.32. The summed E-state index contributed by atoms with van der Waals surface area (Å²) in [4.78, 5) is 30.0. The number of cyclic esters (lactones) is 2. The van der Waals surface area contributed by atoms with Gasteiger partial charge in [0.25, 0.3) is 0 Å². The van der Waals surface area contributed by atoms with E-state index in [1.165, 1.54) is 0 Å². The maximum absolute atomic E-state index is 10.1. The van der Waals surface area contributed by atoms with Gasteiger partial charge in [0.1, 0.15) is 0 Å². The van der Waals surface area contributed by atoms with Crippen LogP contribution in [0, 0.1) is 5.92 Å². The Morgan fingerprint density at radius 1 is 1.38 bits per heavy atom. The van der Waals surface area contributed by atoms with Gasteiger partial charge in [-0.25, -0.2) is 14.4 Å². The Hall–Kier alpha value is -1.91. The molecule has 1 rings (SSSR count). The van der Waals surface area contributed by atoms with Crippen LogP contribution in [0.1, 0.15) is 20.3 Å². The van der Waals surface area contributed by atoms with Gasteiger partial charge >= 0.3 is 17.9 Å². The van der Waals surface area contributed by atoms with Crippen LogP contribution >= 0.6 is 0 Å². The van der Waals surface area contributed by atoms with Gasteiger partial charge in [0, 0.05) is 17.7 Å². The minimum atomic E-state index is -0.885. The van der Waals surface area contributed by atoms with Crippen LogP contribution in [-0.4, -0.2) is 23.0 Å². The van der Waals surface area contributed by atoms with E-state index in [0.29, 0.717) is 17.9 Å². The molecule has 0 radical (unpaired) electrons. The molecule has 0 spiro atoms. The second-order valence-corrected chi connectivity index (χ2v) is 3.58. The van der Waals surface area contributed by atoms with Gasteiger partial charge in [-0.3, -0.25) is 0 Å². The third kappa shape index (κ3) is 6.53. The van der Waals surface area contributed by atoms with E-state index in [4.69, 9.17) is 5.11 Å². The Labute approximate surface area is 93.4 Å². The molecular weight excluding hydrogens is 212 g/mol. The highest BCUT2D eigenvalue weighted by atomic mass is 16.6. The maximum Gasteiger partial charge on any atom is 0.338 e. The van der Waals surface area contributed by atoms with Gasteiger partial charge in [0.05, 0.1) is 0 Å². The molecule has 5 heteroatoms. The molecular formula is C11H14O5. The molecule has 0 aromatic rings. The molecule has 0 bridgehead atoms. The molecule has 0 amide bonds. The van der Waals surface area contributed by atoms with E-state index in [0.717, 1.165) is 12.2 Å². The molecule has 88 valence electrons. The van der Waals surface area contributed by atoms with Crippen LogP contribution in [-0.2, 0) is 19.1 Å². The topological polar surface area (TPSA) is 80.7 Å². The number of ether oxygens (including phenoxy) is 1. The predicted molar refractivity (Wildman–Crippen MR) is 56.5 cm³/mol. The van der Waals surface area contributed by atoms with Crippen molar-refractivity contribution >= 4 is 17.9 Å². The van der Waals surface area contributed by atoms with Crippen molar-refractivity contribution in [3.8, 4) is 0 Å². The molecule has 0 fully saturated rings. The largest absolute Gasteiger partial charge is 0.478 e. The highest BCUT2D eigenvalue weighted by Crippen LogP contribution is 2.07. The van der Waals surface area contributed by atoms with Crippen LogP contribution in [0.2, 0.25) is 0 Å². The molecule has 0 saturated carbocycles. The van der Waals surface area contributed by atoms with Gasteiger partial charge in [-0.1, -0.05) is 20.4 Å². The van der Waals surface area contributed by atoms with E-state index < -0.39 is 17.9 Å². The summed E-state index contributed by atoms with van der Waals surface area (Å²) in [5, 5.41) is 8.33. The van der Waals surface area contributed by atoms with Crippen LogP contribution in [0.5, 0.6) is 0 Å². The molecule has 0 aromatic carbocycles. The first-order valence-corrected chi connectivity index (χ1v) is 4.67. The van der Waals surface area contributed by atoms with Gasteiger partial charge < -0.3 is 9.84 Å². The van der Waals surface area contributed by atoms with Crippen LogP contribution < -0.4 is 0 Å². The van der Waals surface area contributed by atoms with Crippen molar-refractivity contribution in [1.82, 2.24) is 0 Å². The second kappa shape index (κ2) is 6.55. The normalized spacial score (nSPS) is 13.2. The van der Waals surface area contributed by atoms with Crippen molar-refractivity contribution < 1.29 is 24.2 Å². The Bertz CT molecular complexity index is 322. The number of carboxylic acid groups (broad SMARTS) is 1. The number of aliphatic carboxylic acids is 1. The lowest BCUT2D eigenvalue weighted by Crippen LogP contribution is -2.01. The fourth-order valence-corrected chi connectivity index (χ4v) is 0.883. The first-order valence-electron chi connectivity index (χ1n) is 4.67. The minimum absolute atomic E-state index is 0.296. The number of carboxylic acids is 1. The number of carbonyl (C=O) groups excluding carboxylic acids is 2. The summed E-state index contributed by atoms with van der Waals surface area (Å²) in [7, 11) is 0. The molecule has 1 aliphatic heterocycles. The molecule has 1 aliphatic rings. The standard InChI is InChI=1S/C7H12O2.C4H2O3/c1-5(2)4-6(3)7(8)9;5-3-1-2-4(6)7-3/h5H,3-4H2,1-2H3,(H,8,9);1-2H. The number of rotatable bonds is 3. The van der Waals surface area contributed by atoms with Gasteiger partial charge in [0.2, 0.25) is 0 Å². The van der Waals surface area contributed by atoms with Gasteiger partial charge in [-0.2, -0.15) is 0 Å². The highest BCUT2D eigenvalue weighted by Gasteiger charge is 2.10. The van der Waals surface area contributed by atoms with Crippen molar-refractivity contribution in [1.29, 1.82) is 0 Å². The van der Waals surface area contributed by atoms with Crippen LogP contribution in [0.3, 0.4) is 0 Å². The fourth-order valence-electron chi connectivity index (χ4n) is 0.883. The summed E-state index contributed by atoms with van der Waals surface area (Å²) in [6, 6.07) is 0. The predicted octanol–water partition coefficient (Wildman–Crippen LogP) is 1.30. The van der Waals surface area contributed by atoms with Crippen molar-refractivity contribution in [2.24, 2.45) is 5.92 Å². The van der Waals surface area contributed by atoms with Crippen molar-refractivity contribution in [2.45, 2.75) is 20.3 Å². The van der Waals surface area contributed by atoms with Crippen LogP contribution in [0.4, 0.5) is 0 Å². The summed E-state index contributed by atoms with van der Waals surface area (Å²) >= 11 is 0. The van der Waals surface area contributed by atoms with Crippen LogP contribution in [0.25, 0.3) is 0 Å². The quantitative estimate of drug-likeness (QED) is 0.445. The lowest BCUT2D eigenvalue weighted by molar-refractivity contribution is -0.150. The van der Waals surface area contributed by atoms with E-state index >= 15 is 0 Å². The van der Waals surface area contributed by atoms with Crippen LogP contribution in [0.15, 0.2) is 24.3 Å². The molecule has 0 saturated heterocycles. The Morgan fingerprint density at radius 3 is 1.94 bits per heavy atom. The van der Waals surface area contributed by atoms with Gasteiger partial charge in [-0.05, 0) is 12.3 Å². The summed E-state index contributed by atoms with van der Waals surface area (Å²) < 4.78 is 3.97. The molecule has 1 heterocycles. The summed E-state index contributed by atoms with van der Waals surface area (Å²) in [5.74, 6) is -1.66. The summed E-state index contributed by atoms with van der Waals surface area (Å²) in [6.45, 7) is 7.33.